The van der Waals surface area contributed by atoms with Gasteiger partial charge in [-0.25, -0.2) is 0 Å². The van der Waals surface area contributed by atoms with Crippen molar-refractivity contribution in [2.45, 2.75) is 13.2 Å². The van der Waals surface area contributed by atoms with Gasteiger partial charge in [-0.1, -0.05) is 12.1 Å². The van der Waals surface area contributed by atoms with Crippen LogP contribution in [-0.4, -0.2) is 28.8 Å². The van der Waals surface area contributed by atoms with E-state index < -0.39 is 12.5 Å². The number of alkyl halides is 2. The quantitative estimate of drug-likeness (QED) is 0.846. The first-order valence-electron chi connectivity index (χ1n) is 6.16. The first-order valence-corrected chi connectivity index (χ1v) is 6.16. The van der Waals surface area contributed by atoms with Crippen LogP contribution >= 0.6 is 0 Å². The second-order valence-electron chi connectivity index (χ2n) is 4.17. The van der Waals surface area contributed by atoms with E-state index in [2.05, 4.69) is 15.2 Å². The topological polar surface area (TPSA) is 82.2 Å². The molecule has 2 rings (SSSR count). The number of nitrogen functional groups attached to an aromatic ring is 1. The average Bonchev–Trinajstić information content (AvgIpc) is 2.84. The fraction of sp³-hybridized carbons (Fsp3) is 0.231. The fourth-order valence-electron chi connectivity index (χ4n) is 1.73. The Morgan fingerprint density at radius 1 is 1.43 bits per heavy atom. The predicted octanol–water partition coefficient (Wildman–Crippen LogP) is 1.50. The molecule has 0 aliphatic carbocycles. The van der Waals surface area contributed by atoms with Crippen LogP contribution in [0.4, 0.5) is 14.5 Å². The molecule has 3 N–H and O–H groups in total. The number of amides is 1. The summed E-state index contributed by atoms with van der Waals surface area (Å²) >= 11 is 0. The largest absolute Gasteiger partial charge is 0.434 e. The number of carbonyl (C=O) groups is 1. The number of nitrogens with two attached hydrogens (primary N) is 1. The number of hydrogen-bond donors (Lipinski definition) is 2. The summed E-state index contributed by atoms with van der Waals surface area (Å²) in [5.41, 5.74) is 6.09. The molecule has 0 saturated heterocycles. The zero-order valence-electron chi connectivity index (χ0n) is 11.0. The van der Waals surface area contributed by atoms with E-state index in [0.29, 0.717) is 12.2 Å². The van der Waals surface area contributed by atoms with Gasteiger partial charge in [0.2, 0.25) is 0 Å². The van der Waals surface area contributed by atoms with Crippen molar-refractivity contribution < 1.29 is 18.3 Å². The summed E-state index contributed by atoms with van der Waals surface area (Å²) in [7, 11) is 0. The lowest BCUT2D eigenvalue weighted by Crippen LogP contribution is -2.28. The third-order valence-corrected chi connectivity index (χ3v) is 2.63. The van der Waals surface area contributed by atoms with Gasteiger partial charge in [0.15, 0.2) is 0 Å². The van der Waals surface area contributed by atoms with Gasteiger partial charge in [0.25, 0.3) is 5.91 Å². The molecule has 8 heteroatoms. The maximum atomic E-state index is 12.3. The SMILES string of the molecule is Nc1cnn(CCNC(=O)c2ccccc2OC(F)F)c1. The summed E-state index contributed by atoms with van der Waals surface area (Å²) in [6.07, 6.45) is 3.12. The predicted molar refractivity (Wildman–Crippen MR) is 72.0 cm³/mol. The Hall–Kier alpha value is -2.64. The van der Waals surface area contributed by atoms with Crippen molar-refractivity contribution in [1.29, 1.82) is 0 Å². The second kappa shape index (κ2) is 6.69. The highest BCUT2D eigenvalue weighted by Crippen LogP contribution is 2.19. The minimum Gasteiger partial charge on any atom is -0.434 e. The first-order chi connectivity index (χ1) is 10.1. The number of benzene rings is 1. The Morgan fingerprint density at radius 2 is 2.19 bits per heavy atom. The summed E-state index contributed by atoms with van der Waals surface area (Å²) in [6, 6.07) is 5.82. The highest BCUT2D eigenvalue weighted by atomic mass is 19.3. The van der Waals surface area contributed by atoms with Crippen molar-refractivity contribution in [2.24, 2.45) is 0 Å². The fourth-order valence-corrected chi connectivity index (χ4v) is 1.73. The normalized spacial score (nSPS) is 10.6. The van der Waals surface area contributed by atoms with Crippen LogP contribution in [0.15, 0.2) is 36.7 Å². The summed E-state index contributed by atoms with van der Waals surface area (Å²) in [5, 5.41) is 6.56. The van der Waals surface area contributed by atoms with Gasteiger partial charge in [-0.15, -0.1) is 0 Å². The third kappa shape index (κ3) is 4.16. The van der Waals surface area contributed by atoms with Gasteiger partial charge in [-0.05, 0) is 12.1 Å². The number of halogens is 2. The minimum atomic E-state index is -2.98. The van der Waals surface area contributed by atoms with Crippen LogP contribution in [0.3, 0.4) is 0 Å². The van der Waals surface area contributed by atoms with Gasteiger partial charge in [-0.2, -0.15) is 13.9 Å². The van der Waals surface area contributed by atoms with E-state index in [-0.39, 0.29) is 17.9 Å². The van der Waals surface area contributed by atoms with Gasteiger partial charge in [0, 0.05) is 12.7 Å². The summed E-state index contributed by atoms with van der Waals surface area (Å²) in [6.45, 7) is -2.28. The van der Waals surface area contributed by atoms with E-state index >= 15 is 0 Å². The maximum absolute atomic E-state index is 12.3. The summed E-state index contributed by atoms with van der Waals surface area (Å²) in [5.74, 6) is -0.653. The molecule has 1 amide bonds. The number of nitrogens with zero attached hydrogens (tertiary/aromatic N) is 2. The Bertz CT molecular complexity index is 616. The lowest BCUT2D eigenvalue weighted by molar-refractivity contribution is -0.0501. The van der Waals surface area contributed by atoms with Crippen molar-refractivity contribution >= 4 is 11.6 Å². The van der Waals surface area contributed by atoms with E-state index in [4.69, 9.17) is 5.73 Å². The van der Waals surface area contributed by atoms with E-state index in [0.717, 1.165) is 0 Å². The molecule has 112 valence electrons. The average molecular weight is 296 g/mol. The summed E-state index contributed by atoms with van der Waals surface area (Å²) in [4.78, 5) is 12.0. The molecule has 0 aliphatic heterocycles. The minimum absolute atomic E-state index is 0.0535. The molecule has 0 saturated carbocycles. The summed E-state index contributed by atoms with van der Waals surface area (Å²) < 4.78 is 30.4. The van der Waals surface area contributed by atoms with Crippen molar-refractivity contribution in [3.05, 3.63) is 42.2 Å². The molecule has 1 aromatic carbocycles. The van der Waals surface area contributed by atoms with Crippen molar-refractivity contribution in [1.82, 2.24) is 15.1 Å². The molecular weight excluding hydrogens is 282 g/mol. The van der Waals surface area contributed by atoms with Crippen LogP contribution in [0, 0.1) is 0 Å². The Labute approximate surface area is 119 Å². The lowest BCUT2D eigenvalue weighted by Gasteiger charge is -2.10. The van der Waals surface area contributed by atoms with Crippen molar-refractivity contribution in [3.63, 3.8) is 0 Å². The number of hydrogen-bond acceptors (Lipinski definition) is 4. The van der Waals surface area contributed by atoms with Crippen LogP contribution in [0.2, 0.25) is 0 Å². The number of rotatable bonds is 6. The number of para-hydroxylation sites is 1. The van der Waals surface area contributed by atoms with Gasteiger partial charge in [0.05, 0.1) is 24.0 Å². The van der Waals surface area contributed by atoms with Crippen LogP contribution < -0.4 is 15.8 Å². The molecule has 0 unspecified atom stereocenters. The third-order valence-electron chi connectivity index (χ3n) is 2.63. The molecule has 6 nitrogen and oxygen atoms in total. The van der Waals surface area contributed by atoms with E-state index in [9.17, 15) is 13.6 Å². The van der Waals surface area contributed by atoms with Gasteiger partial charge < -0.3 is 15.8 Å². The van der Waals surface area contributed by atoms with Crippen LogP contribution in [-0.2, 0) is 6.54 Å². The number of ether oxygens (including phenoxy) is 1. The first kappa shape index (κ1) is 14.8. The monoisotopic (exact) mass is 296 g/mol. The van der Waals surface area contributed by atoms with E-state index in [1.165, 1.54) is 24.4 Å². The number of aromatic nitrogens is 2. The molecule has 0 bridgehead atoms. The number of anilines is 1. The molecule has 2 aromatic rings. The Balaban J connectivity index is 1.94. The number of nitrogens with one attached hydrogen (secondary N) is 1. The zero-order chi connectivity index (χ0) is 15.2. The van der Waals surface area contributed by atoms with Crippen LogP contribution in [0.1, 0.15) is 10.4 Å². The highest BCUT2D eigenvalue weighted by Gasteiger charge is 2.14. The van der Waals surface area contributed by atoms with Gasteiger partial charge in [-0.3, -0.25) is 9.48 Å². The smallest absolute Gasteiger partial charge is 0.387 e. The van der Waals surface area contributed by atoms with E-state index in [1.54, 1.807) is 16.9 Å². The molecule has 0 atom stereocenters. The van der Waals surface area contributed by atoms with Gasteiger partial charge >= 0.3 is 6.61 Å². The molecule has 21 heavy (non-hydrogen) atoms. The molecule has 0 aliphatic rings. The van der Waals surface area contributed by atoms with Crippen LogP contribution in [0.25, 0.3) is 0 Å². The van der Waals surface area contributed by atoms with Crippen LogP contribution in [0.5, 0.6) is 5.75 Å². The standard InChI is InChI=1S/C13H14F2N4O2/c14-13(15)21-11-4-2-1-3-10(11)12(20)17-5-6-19-8-9(16)7-18-19/h1-4,7-8,13H,5-6,16H2,(H,17,20). The van der Waals surface area contributed by atoms with E-state index in [1.807, 2.05) is 0 Å². The van der Waals surface area contributed by atoms with Gasteiger partial charge in [0.1, 0.15) is 5.75 Å². The molecule has 1 heterocycles. The molecule has 0 fully saturated rings. The number of carbonyl (C=O) groups excluding carboxylic acids is 1. The molecule has 1 aromatic heterocycles. The molecular formula is C13H14F2N4O2. The zero-order valence-corrected chi connectivity index (χ0v) is 11.0. The maximum Gasteiger partial charge on any atom is 0.387 e. The highest BCUT2D eigenvalue weighted by molar-refractivity contribution is 5.96. The Morgan fingerprint density at radius 3 is 2.86 bits per heavy atom. The lowest BCUT2D eigenvalue weighted by atomic mass is 10.2. The molecule has 0 spiro atoms. The van der Waals surface area contributed by atoms with Crippen molar-refractivity contribution in [2.75, 3.05) is 12.3 Å². The van der Waals surface area contributed by atoms with Crippen molar-refractivity contribution in [3.8, 4) is 5.75 Å². The molecule has 0 radical (unpaired) electrons. The Kier molecular flexibility index (Phi) is 4.70. The second-order valence-corrected chi connectivity index (χ2v) is 4.17.